The molecule has 0 saturated carbocycles. The molecule has 4 heterocycles. The van der Waals surface area contributed by atoms with Gasteiger partial charge < -0.3 is 34.3 Å². The number of ether oxygens (including phenoxy) is 4. The van der Waals surface area contributed by atoms with Crippen LogP contribution in [0.2, 0.25) is 0 Å². The van der Waals surface area contributed by atoms with E-state index in [1.54, 1.807) is 20.8 Å². The first-order valence-electron chi connectivity index (χ1n) is 15.2. The molecule has 0 amide bonds. The van der Waals surface area contributed by atoms with Crippen molar-refractivity contribution in [1.82, 2.24) is 0 Å². The van der Waals surface area contributed by atoms with Gasteiger partial charge in [0.2, 0.25) is 0 Å². The van der Waals surface area contributed by atoms with Crippen molar-refractivity contribution in [1.29, 1.82) is 0 Å². The van der Waals surface area contributed by atoms with Crippen molar-refractivity contribution in [3.63, 3.8) is 0 Å². The lowest BCUT2D eigenvalue weighted by Gasteiger charge is -2.57. The second-order valence-electron chi connectivity index (χ2n) is 15.3. The Labute approximate surface area is 244 Å². The van der Waals surface area contributed by atoms with Crippen LogP contribution in [0.4, 0.5) is 0 Å². The normalized spacial score (nSPS) is 47.3. The Morgan fingerprint density at radius 3 is 2.00 bits per heavy atom. The maximum absolute atomic E-state index is 11.2. The number of aliphatic hydroxyl groups is 3. The SMILES string of the molecule is CC(C)(O)C(O)CCC(C)(O)C1CCC(C)(C2CCC(C3(C)CCC4(C)OC(C)(C)C(Br)CCC4(C)O3)O2)O1. The summed E-state index contributed by atoms with van der Waals surface area (Å²) in [7, 11) is 0. The summed E-state index contributed by atoms with van der Waals surface area (Å²) in [6, 6.07) is 0. The maximum Gasteiger partial charge on any atom is 0.0949 e. The zero-order valence-electron chi connectivity index (χ0n) is 25.8. The third kappa shape index (κ3) is 6.15. The first-order valence-corrected chi connectivity index (χ1v) is 16.1. The third-order valence-electron chi connectivity index (χ3n) is 10.9. The van der Waals surface area contributed by atoms with Gasteiger partial charge in [0.15, 0.2) is 0 Å². The van der Waals surface area contributed by atoms with Crippen LogP contribution in [-0.2, 0) is 18.9 Å². The van der Waals surface area contributed by atoms with Crippen LogP contribution < -0.4 is 0 Å². The summed E-state index contributed by atoms with van der Waals surface area (Å²) in [5.74, 6) is 0. The average Bonchev–Trinajstić information content (AvgIpc) is 3.46. The van der Waals surface area contributed by atoms with E-state index < -0.39 is 34.1 Å². The first-order chi connectivity index (χ1) is 17.6. The van der Waals surface area contributed by atoms with Gasteiger partial charge in [0.1, 0.15) is 0 Å². The monoisotopic (exact) mass is 618 g/mol. The molecule has 0 spiro atoms. The van der Waals surface area contributed by atoms with E-state index in [9.17, 15) is 15.3 Å². The number of hydrogen-bond donors (Lipinski definition) is 3. The molecule has 4 saturated heterocycles. The Morgan fingerprint density at radius 1 is 0.795 bits per heavy atom. The molecule has 4 aliphatic heterocycles. The van der Waals surface area contributed by atoms with Gasteiger partial charge in [-0.1, -0.05) is 15.9 Å². The fourth-order valence-electron chi connectivity index (χ4n) is 7.53. The van der Waals surface area contributed by atoms with E-state index in [0.29, 0.717) is 12.8 Å². The second kappa shape index (κ2) is 10.4. The molecule has 3 N–H and O–H groups in total. The smallest absolute Gasteiger partial charge is 0.0949 e. The van der Waals surface area contributed by atoms with Gasteiger partial charge in [-0.05, 0) is 127 Å². The Morgan fingerprint density at radius 2 is 1.38 bits per heavy atom. The van der Waals surface area contributed by atoms with Crippen LogP contribution in [0, 0.1) is 0 Å². The highest BCUT2D eigenvalue weighted by molar-refractivity contribution is 9.09. The van der Waals surface area contributed by atoms with E-state index in [1.807, 2.05) is 0 Å². The van der Waals surface area contributed by atoms with Crippen molar-refractivity contribution in [2.75, 3.05) is 0 Å². The van der Waals surface area contributed by atoms with Crippen molar-refractivity contribution in [3.8, 4) is 0 Å². The number of rotatable bonds is 7. The van der Waals surface area contributed by atoms with Crippen molar-refractivity contribution < 1.29 is 34.3 Å². The highest BCUT2D eigenvalue weighted by Gasteiger charge is 2.61. The van der Waals surface area contributed by atoms with Crippen LogP contribution in [0.15, 0.2) is 0 Å². The summed E-state index contributed by atoms with van der Waals surface area (Å²) < 4.78 is 27.2. The van der Waals surface area contributed by atoms with Crippen molar-refractivity contribution in [2.24, 2.45) is 0 Å². The molecule has 0 radical (unpaired) electrons. The predicted octanol–water partition coefficient (Wildman–Crippen LogP) is 5.57. The molecule has 0 aromatic heterocycles. The molecule has 0 aromatic carbocycles. The summed E-state index contributed by atoms with van der Waals surface area (Å²) in [4.78, 5) is 0.272. The summed E-state index contributed by atoms with van der Waals surface area (Å²) in [5.41, 5.74) is -4.23. The average molecular weight is 620 g/mol. The van der Waals surface area contributed by atoms with Crippen LogP contribution in [0.25, 0.3) is 0 Å². The Hall–Kier alpha value is 0.200. The van der Waals surface area contributed by atoms with Crippen molar-refractivity contribution in [3.05, 3.63) is 0 Å². The number of aliphatic hydroxyl groups excluding tert-OH is 1. The molecule has 4 aliphatic rings. The fourth-order valence-corrected chi connectivity index (χ4v) is 7.86. The first kappa shape index (κ1) is 32.1. The minimum Gasteiger partial charge on any atom is -0.390 e. The summed E-state index contributed by atoms with van der Waals surface area (Å²) in [6.07, 6.45) is 6.38. The van der Waals surface area contributed by atoms with E-state index in [-0.39, 0.29) is 34.3 Å². The lowest BCUT2D eigenvalue weighted by Crippen LogP contribution is -2.65. The van der Waals surface area contributed by atoms with Gasteiger partial charge in [0, 0.05) is 4.83 Å². The molecule has 7 nitrogen and oxygen atoms in total. The number of hydrogen-bond acceptors (Lipinski definition) is 7. The maximum atomic E-state index is 11.2. The molecule has 4 fully saturated rings. The molecule has 0 aromatic rings. The summed E-state index contributed by atoms with van der Waals surface area (Å²) in [6.45, 7) is 18.1. The Bertz CT molecular complexity index is 889. The molecular weight excluding hydrogens is 564 g/mol. The Balaban J connectivity index is 1.40. The minimum atomic E-state index is -1.20. The standard InChI is InChI=1S/C31H55BrO7/c1-25(2,34)21(33)13-15-27(5,35)22-14-16-28(6,37-22)23-10-11-24(36-23)29(7)18-19-31(9)30(8,39-29)17-12-20(32)26(3,4)38-31/h20-24,33-35H,10-19H2,1-9H3. The van der Waals surface area contributed by atoms with Crippen molar-refractivity contribution >= 4 is 15.9 Å². The summed E-state index contributed by atoms with van der Waals surface area (Å²) in [5, 5.41) is 31.6. The van der Waals surface area contributed by atoms with E-state index in [4.69, 9.17) is 18.9 Å². The lowest BCUT2D eigenvalue weighted by atomic mass is 9.72. The number of halogens is 1. The van der Waals surface area contributed by atoms with E-state index in [0.717, 1.165) is 51.4 Å². The van der Waals surface area contributed by atoms with E-state index in [1.165, 1.54) is 0 Å². The molecule has 0 aliphatic carbocycles. The van der Waals surface area contributed by atoms with Crippen molar-refractivity contribution in [2.45, 2.75) is 195 Å². The van der Waals surface area contributed by atoms with Crippen LogP contribution >= 0.6 is 15.9 Å². The van der Waals surface area contributed by atoms with Crippen LogP contribution in [0.5, 0.6) is 0 Å². The zero-order chi connectivity index (χ0) is 29.3. The fraction of sp³-hybridized carbons (Fsp3) is 1.00. The molecular formula is C31H55BrO7. The third-order valence-corrected chi connectivity index (χ3v) is 12.5. The van der Waals surface area contributed by atoms with Crippen LogP contribution in [0.3, 0.4) is 0 Å². The molecule has 10 unspecified atom stereocenters. The second-order valence-corrected chi connectivity index (χ2v) is 16.4. The predicted molar refractivity (Wildman–Crippen MR) is 155 cm³/mol. The molecule has 8 heteroatoms. The number of fused-ring (bicyclic) bond motifs is 1. The largest absolute Gasteiger partial charge is 0.390 e. The van der Waals surface area contributed by atoms with Crippen LogP contribution in [0.1, 0.15) is 127 Å². The summed E-state index contributed by atoms with van der Waals surface area (Å²) >= 11 is 3.87. The van der Waals surface area contributed by atoms with Gasteiger partial charge in [-0.2, -0.15) is 0 Å². The number of alkyl halides is 1. The molecule has 39 heavy (non-hydrogen) atoms. The van der Waals surface area contributed by atoms with Gasteiger partial charge in [-0.3, -0.25) is 0 Å². The Kier molecular flexibility index (Phi) is 8.59. The molecule has 4 rings (SSSR count). The zero-order valence-corrected chi connectivity index (χ0v) is 27.4. The van der Waals surface area contributed by atoms with Gasteiger partial charge >= 0.3 is 0 Å². The molecule has 10 atom stereocenters. The quantitative estimate of drug-likeness (QED) is 0.321. The van der Waals surface area contributed by atoms with E-state index in [2.05, 4.69) is 57.5 Å². The van der Waals surface area contributed by atoms with Gasteiger partial charge in [0.05, 0.1) is 63.6 Å². The lowest BCUT2D eigenvalue weighted by molar-refractivity contribution is -0.312. The van der Waals surface area contributed by atoms with Gasteiger partial charge in [-0.15, -0.1) is 0 Å². The highest BCUT2D eigenvalue weighted by Crippen LogP contribution is 2.55. The molecule has 0 bridgehead atoms. The highest BCUT2D eigenvalue weighted by atomic mass is 79.9. The topological polar surface area (TPSA) is 97.6 Å². The van der Waals surface area contributed by atoms with Crippen LogP contribution in [-0.4, -0.2) is 83.8 Å². The van der Waals surface area contributed by atoms with Gasteiger partial charge in [0.25, 0.3) is 0 Å². The van der Waals surface area contributed by atoms with E-state index >= 15 is 0 Å². The van der Waals surface area contributed by atoms with Gasteiger partial charge in [-0.25, -0.2) is 0 Å². The minimum absolute atomic E-state index is 0.0261. The molecule has 228 valence electrons.